The molecule has 1 N–H and O–H groups in total. The van der Waals surface area contributed by atoms with Crippen molar-refractivity contribution in [1.29, 1.82) is 0 Å². The van der Waals surface area contributed by atoms with Crippen LogP contribution in [0.3, 0.4) is 0 Å². The molecule has 3 heterocycles. The van der Waals surface area contributed by atoms with Crippen LogP contribution in [0.2, 0.25) is 0 Å². The summed E-state index contributed by atoms with van der Waals surface area (Å²) in [7, 11) is 0. The first-order chi connectivity index (χ1) is 18.8. The molecule has 0 atom stereocenters. The third kappa shape index (κ3) is 7.98. The zero-order chi connectivity index (χ0) is 28.4. The number of nitrogens with zero attached hydrogens (tertiary/aromatic N) is 3. The summed E-state index contributed by atoms with van der Waals surface area (Å²) in [5.74, 6) is -0.198. The Morgan fingerprint density at radius 2 is 1.69 bits per heavy atom. The lowest BCUT2D eigenvalue weighted by Crippen LogP contribution is -2.24. The maximum Gasteiger partial charge on any atom is 0.253 e. The standard InChI is InChI=1S/C30H29ClN4O2.C2H6/c1-4-28(31)27-15-25(20(2)34-21(27)3)18-33-30(37)26-14-24(16-32-17-26)13-22-8-10-23(11-9-22)19-35-12-6-5-7-29(35)36;1-2/h4-12,14-17H,13,18-19H2,1-3H3,(H,33,37);1-2H3/b28-4+;. The van der Waals surface area contributed by atoms with E-state index in [1.54, 1.807) is 35.3 Å². The molecule has 0 saturated carbocycles. The van der Waals surface area contributed by atoms with Gasteiger partial charge in [0.15, 0.2) is 0 Å². The SMILES string of the molecule is C/C=C(/Cl)c1cc(CNC(=O)c2cncc(Cc3ccc(Cn4ccccc4=O)cc3)c2)c(C)nc1C.CC. The largest absolute Gasteiger partial charge is 0.348 e. The second-order valence-electron chi connectivity index (χ2n) is 8.93. The summed E-state index contributed by atoms with van der Waals surface area (Å²) in [6.07, 6.45) is 7.60. The quantitative estimate of drug-likeness (QED) is 0.277. The lowest BCUT2D eigenvalue weighted by molar-refractivity contribution is 0.0950. The van der Waals surface area contributed by atoms with Crippen molar-refractivity contribution in [3.05, 3.63) is 134 Å². The number of hydrogen-bond acceptors (Lipinski definition) is 4. The smallest absolute Gasteiger partial charge is 0.253 e. The highest BCUT2D eigenvalue weighted by atomic mass is 35.5. The number of aryl methyl sites for hydroxylation is 2. The number of benzene rings is 1. The second kappa shape index (κ2) is 14.2. The van der Waals surface area contributed by atoms with E-state index in [0.29, 0.717) is 30.1 Å². The van der Waals surface area contributed by atoms with Gasteiger partial charge in [-0.25, -0.2) is 0 Å². The topological polar surface area (TPSA) is 76.9 Å². The van der Waals surface area contributed by atoms with E-state index in [1.807, 2.05) is 83.2 Å². The van der Waals surface area contributed by atoms with Gasteiger partial charge in [0, 0.05) is 53.2 Å². The Balaban J connectivity index is 0.00000205. The average Bonchev–Trinajstić information content (AvgIpc) is 2.95. The van der Waals surface area contributed by atoms with Crippen LogP contribution in [0, 0.1) is 13.8 Å². The Morgan fingerprint density at radius 1 is 0.974 bits per heavy atom. The van der Waals surface area contributed by atoms with Gasteiger partial charge in [0.1, 0.15) is 0 Å². The molecule has 4 rings (SSSR count). The molecule has 0 fully saturated rings. The number of halogens is 1. The number of amides is 1. The van der Waals surface area contributed by atoms with Crippen LogP contribution in [-0.2, 0) is 19.5 Å². The third-order valence-electron chi connectivity index (χ3n) is 6.20. The molecule has 0 bridgehead atoms. The molecule has 1 amide bonds. The number of pyridine rings is 3. The first kappa shape index (κ1) is 29.5. The Hall–Kier alpha value is -4.03. The van der Waals surface area contributed by atoms with Gasteiger partial charge in [-0.2, -0.15) is 0 Å². The lowest BCUT2D eigenvalue weighted by Gasteiger charge is -2.12. The molecule has 0 aliphatic carbocycles. The number of allylic oxidation sites excluding steroid dienone is 1. The molecule has 0 unspecified atom stereocenters. The van der Waals surface area contributed by atoms with Crippen LogP contribution in [0.15, 0.2) is 84.1 Å². The fourth-order valence-electron chi connectivity index (χ4n) is 4.12. The molecule has 7 heteroatoms. The highest BCUT2D eigenvalue weighted by Crippen LogP contribution is 2.24. The van der Waals surface area contributed by atoms with Crippen molar-refractivity contribution in [3.63, 3.8) is 0 Å². The Bertz CT molecular complexity index is 1510. The van der Waals surface area contributed by atoms with Crippen molar-refractivity contribution in [2.75, 3.05) is 0 Å². The van der Waals surface area contributed by atoms with E-state index in [9.17, 15) is 9.59 Å². The summed E-state index contributed by atoms with van der Waals surface area (Å²) in [6.45, 7) is 10.6. The van der Waals surface area contributed by atoms with Gasteiger partial charge in [-0.05, 0) is 67.6 Å². The molecule has 1 aromatic carbocycles. The minimum absolute atomic E-state index is 0.0245. The van der Waals surface area contributed by atoms with Crippen molar-refractivity contribution in [1.82, 2.24) is 19.9 Å². The van der Waals surface area contributed by atoms with Gasteiger partial charge in [0.25, 0.3) is 11.5 Å². The first-order valence-electron chi connectivity index (χ1n) is 13.1. The Morgan fingerprint density at radius 3 is 2.38 bits per heavy atom. The number of rotatable bonds is 8. The van der Waals surface area contributed by atoms with Gasteiger partial charge in [-0.15, -0.1) is 0 Å². The molecule has 6 nitrogen and oxygen atoms in total. The number of carbonyl (C=O) groups is 1. The molecule has 202 valence electrons. The van der Waals surface area contributed by atoms with E-state index in [1.165, 1.54) is 0 Å². The minimum atomic E-state index is -0.198. The number of aromatic nitrogens is 3. The molecule has 3 aromatic heterocycles. The molecule has 39 heavy (non-hydrogen) atoms. The number of hydrogen-bond donors (Lipinski definition) is 1. The van der Waals surface area contributed by atoms with Crippen molar-refractivity contribution < 1.29 is 4.79 Å². The van der Waals surface area contributed by atoms with Gasteiger partial charge in [0.05, 0.1) is 12.1 Å². The van der Waals surface area contributed by atoms with Crippen LogP contribution < -0.4 is 10.9 Å². The van der Waals surface area contributed by atoms with Crippen LogP contribution >= 0.6 is 11.6 Å². The van der Waals surface area contributed by atoms with Crippen molar-refractivity contribution in [3.8, 4) is 0 Å². The monoisotopic (exact) mass is 542 g/mol. The highest BCUT2D eigenvalue weighted by molar-refractivity contribution is 6.48. The predicted octanol–water partition coefficient (Wildman–Crippen LogP) is 6.45. The van der Waals surface area contributed by atoms with Crippen molar-refractivity contribution >= 4 is 22.5 Å². The fraction of sp³-hybridized carbons (Fsp3) is 0.250. The summed E-state index contributed by atoms with van der Waals surface area (Å²) in [4.78, 5) is 33.7. The van der Waals surface area contributed by atoms with Crippen LogP contribution in [0.5, 0.6) is 0 Å². The second-order valence-corrected chi connectivity index (χ2v) is 9.33. The molecule has 0 aliphatic heterocycles. The Kier molecular flexibility index (Phi) is 10.8. The van der Waals surface area contributed by atoms with Crippen molar-refractivity contribution in [2.45, 2.75) is 54.1 Å². The van der Waals surface area contributed by atoms with E-state index in [2.05, 4.69) is 15.3 Å². The molecule has 0 saturated heterocycles. The van der Waals surface area contributed by atoms with E-state index in [-0.39, 0.29) is 11.5 Å². The zero-order valence-electron chi connectivity index (χ0n) is 23.2. The average molecular weight is 543 g/mol. The van der Waals surface area contributed by atoms with Crippen molar-refractivity contribution in [2.24, 2.45) is 0 Å². The van der Waals surface area contributed by atoms with Gasteiger partial charge in [-0.3, -0.25) is 19.6 Å². The highest BCUT2D eigenvalue weighted by Gasteiger charge is 2.12. The van der Waals surface area contributed by atoms with E-state index >= 15 is 0 Å². The molecule has 0 radical (unpaired) electrons. The first-order valence-corrected chi connectivity index (χ1v) is 13.5. The normalized spacial score (nSPS) is 11.0. The van der Waals surface area contributed by atoms with E-state index < -0.39 is 0 Å². The van der Waals surface area contributed by atoms with Crippen LogP contribution in [-0.4, -0.2) is 20.4 Å². The maximum absolute atomic E-state index is 12.9. The molecular weight excluding hydrogens is 508 g/mol. The third-order valence-corrected chi connectivity index (χ3v) is 6.62. The summed E-state index contributed by atoms with van der Waals surface area (Å²) in [6, 6.07) is 17.1. The minimum Gasteiger partial charge on any atom is -0.348 e. The van der Waals surface area contributed by atoms with Gasteiger partial charge in [0.2, 0.25) is 0 Å². The maximum atomic E-state index is 12.9. The number of carbonyl (C=O) groups excluding carboxylic acids is 1. The Labute approximate surface area is 235 Å². The zero-order valence-corrected chi connectivity index (χ0v) is 23.9. The lowest BCUT2D eigenvalue weighted by atomic mass is 10.0. The fourth-order valence-corrected chi connectivity index (χ4v) is 4.31. The predicted molar refractivity (Wildman–Crippen MR) is 159 cm³/mol. The van der Waals surface area contributed by atoms with Gasteiger partial charge >= 0.3 is 0 Å². The van der Waals surface area contributed by atoms with Crippen LogP contribution in [0.25, 0.3) is 5.03 Å². The van der Waals surface area contributed by atoms with Crippen LogP contribution in [0.1, 0.15) is 70.3 Å². The summed E-state index contributed by atoms with van der Waals surface area (Å²) >= 11 is 6.33. The van der Waals surface area contributed by atoms with E-state index in [4.69, 9.17) is 11.6 Å². The van der Waals surface area contributed by atoms with E-state index in [0.717, 1.165) is 39.2 Å². The summed E-state index contributed by atoms with van der Waals surface area (Å²) in [5.41, 5.74) is 7.05. The molecule has 4 aromatic rings. The van der Waals surface area contributed by atoms with Crippen LogP contribution in [0.4, 0.5) is 0 Å². The summed E-state index contributed by atoms with van der Waals surface area (Å²) in [5, 5.41) is 3.61. The number of nitrogens with one attached hydrogen (secondary N) is 1. The summed E-state index contributed by atoms with van der Waals surface area (Å²) < 4.78 is 1.67. The van der Waals surface area contributed by atoms with Gasteiger partial charge in [-0.1, -0.05) is 61.9 Å². The van der Waals surface area contributed by atoms with Gasteiger partial charge < -0.3 is 9.88 Å². The molecule has 0 aliphatic rings. The molecular formula is C32H35ClN4O2. The molecule has 0 spiro atoms.